The lowest BCUT2D eigenvalue weighted by atomic mass is 10.1. The van der Waals surface area contributed by atoms with Crippen molar-refractivity contribution in [2.75, 3.05) is 25.0 Å². The van der Waals surface area contributed by atoms with Gasteiger partial charge in [-0.1, -0.05) is 0 Å². The molecule has 0 spiro atoms. The molecule has 20 heavy (non-hydrogen) atoms. The second-order valence-electron chi connectivity index (χ2n) is 4.63. The average Bonchev–Trinajstić information content (AvgIpc) is 2.97. The van der Waals surface area contributed by atoms with Gasteiger partial charge in [0.25, 0.3) is 5.91 Å². The van der Waals surface area contributed by atoms with Gasteiger partial charge < -0.3 is 16.2 Å². The van der Waals surface area contributed by atoms with Crippen LogP contribution in [0.4, 0.5) is 5.00 Å². The zero-order valence-electron chi connectivity index (χ0n) is 10.7. The lowest BCUT2D eigenvalue weighted by Crippen LogP contribution is -2.32. The summed E-state index contributed by atoms with van der Waals surface area (Å²) < 4.78 is 0. The topological polar surface area (TPSA) is 113 Å². The molecule has 1 unspecified atom stereocenters. The highest BCUT2D eigenvalue weighted by atomic mass is 32.1. The van der Waals surface area contributed by atoms with Gasteiger partial charge in [-0.25, -0.2) is 0 Å². The first kappa shape index (κ1) is 14.5. The Morgan fingerprint density at radius 3 is 2.85 bits per heavy atom. The van der Waals surface area contributed by atoms with E-state index in [4.69, 9.17) is 10.8 Å². The Morgan fingerprint density at radius 1 is 1.50 bits per heavy atom. The molecule has 2 amide bonds. The van der Waals surface area contributed by atoms with Crippen LogP contribution in [-0.2, 0) is 9.59 Å². The number of thiophene rings is 1. The van der Waals surface area contributed by atoms with Crippen LogP contribution in [0.1, 0.15) is 16.8 Å². The van der Waals surface area contributed by atoms with Crippen molar-refractivity contribution < 1.29 is 19.5 Å². The van der Waals surface area contributed by atoms with Crippen molar-refractivity contribution in [2.45, 2.75) is 6.42 Å². The van der Waals surface area contributed by atoms with Crippen LogP contribution in [0.3, 0.4) is 0 Å². The van der Waals surface area contributed by atoms with E-state index in [1.807, 2.05) is 0 Å². The summed E-state index contributed by atoms with van der Waals surface area (Å²) in [5, 5.41) is 13.6. The molecule has 0 aliphatic carbocycles. The number of nitrogens with one attached hydrogen (secondary N) is 1. The Balaban J connectivity index is 1.89. The van der Waals surface area contributed by atoms with Crippen molar-refractivity contribution in [1.29, 1.82) is 0 Å². The molecule has 1 aromatic heterocycles. The van der Waals surface area contributed by atoms with Gasteiger partial charge in [0.15, 0.2) is 0 Å². The van der Waals surface area contributed by atoms with Gasteiger partial charge in [0.1, 0.15) is 5.00 Å². The number of hydrogen-bond acceptors (Lipinski definition) is 5. The van der Waals surface area contributed by atoms with Crippen molar-refractivity contribution in [3.63, 3.8) is 0 Å². The Morgan fingerprint density at radius 2 is 2.25 bits per heavy atom. The van der Waals surface area contributed by atoms with E-state index < -0.39 is 17.8 Å². The summed E-state index contributed by atoms with van der Waals surface area (Å²) in [6.45, 7) is 1.06. The average molecular weight is 297 g/mol. The van der Waals surface area contributed by atoms with Crippen molar-refractivity contribution in [1.82, 2.24) is 4.90 Å². The van der Waals surface area contributed by atoms with Gasteiger partial charge in [-0.15, -0.1) is 11.3 Å². The number of carbonyl (C=O) groups excluding carboxylic acids is 2. The number of likely N-dealkylation sites (tertiary alicyclic amines) is 1. The van der Waals surface area contributed by atoms with Crippen LogP contribution in [-0.4, -0.2) is 47.4 Å². The van der Waals surface area contributed by atoms with Gasteiger partial charge in [-0.05, 0) is 24.4 Å². The molecule has 7 nitrogen and oxygen atoms in total. The summed E-state index contributed by atoms with van der Waals surface area (Å²) >= 11 is 1.22. The summed E-state index contributed by atoms with van der Waals surface area (Å²) in [7, 11) is 0. The number of carboxylic acids is 1. The zero-order valence-corrected chi connectivity index (χ0v) is 11.5. The van der Waals surface area contributed by atoms with E-state index in [0.717, 1.165) is 0 Å². The number of primary amides is 1. The standard InChI is InChI=1S/C12H15N3O4S/c13-10(17)8-2-4-20-11(8)14-9(16)6-15-3-1-7(5-15)12(18)19/h2,4,7H,1,3,5-6H2,(H2,13,17)(H,14,16)(H,18,19). The van der Waals surface area contributed by atoms with Crippen molar-refractivity contribution in [2.24, 2.45) is 11.7 Å². The maximum Gasteiger partial charge on any atom is 0.307 e. The molecule has 0 radical (unpaired) electrons. The molecule has 0 aromatic carbocycles. The number of rotatable bonds is 5. The van der Waals surface area contributed by atoms with Crippen LogP contribution in [0.5, 0.6) is 0 Å². The smallest absolute Gasteiger partial charge is 0.307 e. The van der Waals surface area contributed by atoms with E-state index in [9.17, 15) is 14.4 Å². The Hall–Kier alpha value is -1.93. The van der Waals surface area contributed by atoms with Gasteiger partial charge in [0.2, 0.25) is 5.91 Å². The number of aliphatic carboxylic acids is 1. The number of anilines is 1. The first-order valence-corrected chi connectivity index (χ1v) is 6.97. The van der Waals surface area contributed by atoms with Gasteiger partial charge in [-0.3, -0.25) is 19.3 Å². The Kier molecular flexibility index (Phi) is 4.35. The van der Waals surface area contributed by atoms with Crippen LogP contribution in [0.25, 0.3) is 0 Å². The van der Waals surface area contributed by atoms with Crippen LogP contribution in [0.2, 0.25) is 0 Å². The lowest BCUT2D eigenvalue weighted by Gasteiger charge is -2.14. The molecule has 2 heterocycles. The molecule has 0 saturated carbocycles. The van der Waals surface area contributed by atoms with Gasteiger partial charge in [-0.2, -0.15) is 0 Å². The molecular weight excluding hydrogens is 282 g/mol. The van der Waals surface area contributed by atoms with Crippen molar-refractivity contribution >= 4 is 34.1 Å². The SMILES string of the molecule is NC(=O)c1ccsc1NC(=O)CN1CCC(C(=O)O)C1. The van der Waals surface area contributed by atoms with Gasteiger partial charge in [0, 0.05) is 6.54 Å². The van der Waals surface area contributed by atoms with E-state index in [2.05, 4.69) is 5.32 Å². The van der Waals surface area contributed by atoms with E-state index in [0.29, 0.717) is 24.5 Å². The maximum absolute atomic E-state index is 11.9. The van der Waals surface area contributed by atoms with Crippen molar-refractivity contribution in [3.8, 4) is 0 Å². The van der Waals surface area contributed by atoms with E-state index >= 15 is 0 Å². The number of hydrogen-bond donors (Lipinski definition) is 3. The fraction of sp³-hybridized carbons (Fsp3) is 0.417. The summed E-state index contributed by atoms with van der Waals surface area (Å²) in [5.74, 6) is -2.11. The van der Waals surface area contributed by atoms with E-state index in [1.54, 1.807) is 16.3 Å². The molecule has 1 fully saturated rings. The minimum atomic E-state index is -0.831. The van der Waals surface area contributed by atoms with Crippen LogP contribution < -0.4 is 11.1 Å². The fourth-order valence-electron chi connectivity index (χ4n) is 2.15. The molecule has 1 aromatic rings. The summed E-state index contributed by atoms with van der Waals surface area (Å²) in [5.41, 5.74) is 5.48. The molecular formula is C12H15N3O4S. The largest absolute Gasteiger partial charge is 0.481 e. The third-order valence-electron chi connectivity index (χ3n) is 3.17. The highest BCUT2D eigenvalue weighted by molar-refractivity contribution is 7.14. The quantitative estimate of drug-likeness (QED) is 0.718. The minimum absolute atomic E-state index is 0.111. The number of nitrogens with two attached hydrogens (primary N) is 1. The first-order valence-electron chi connectivity index (χ1n) is 6.09. The maximum atomic E-state index is 11.9. The molecule has 8 heteroatoms. The monoisotopic (exact) mass is 297 g/mol. The molecule has 1 aliphatic heterocycles. The number of carboxylic acid groups (broad SMARTS) is 1. The normalized spacial score (nSPS) is 18.9. The second kappa shape index (κ2) is 6.02. The molecule has 4 N–H and O–H groups in total. The third kappa shape index (κ3) is 3.34. The Bertz CT molecular complexity index is 543. The highest BCUT2D eigenvalue weighted by Crippen LogP contribution is 2.23. The lowest BCUT2D eigenvalue weighted by molar-refractivity contribution is -0.141. The zero-order chi connectivity index (χ0) is 14.7. The van der Waals surface area contributed by atoms with E-state index in [-0.39, 0.29) is 18.0 Å². The van der Waals surface area contributed by atoms with Gasteiger partial charge >= 0.3 is 5.97 Å². The summed E-state index contributed by atoms with van der Waals surface area (Å²) in [6.07, 6.45) is 0.550. The second-order valence-corrected chi connectivity index (χ2v) is 5.55. The summed E-state index contributed by atoms with van der Waals surface area (Å²) in [6, 6.07) is 1.55. The molecule has 108 valence electrons. The molecule has 1 aliphatic rings. The predicted octanol–water partition coefficient (Wildman–Crippen LogP) is 0.192. The molecule has 1 saturated heterocycles. The first-order chi connectivity index (χ1) is 9.47. The summed E-state index contributed by atoms with van der Waals surface area (Å²) in [4.78, 5) is 35.6. The van der Waals surface area contributed by atoms with Crippen molar-refractivity contribution in [3.05, 3.63) is 17.0 Å². The third-order valence-corrected chi connectivity index (χ3v) is 4.00. The van der Waals surface area contributed by atoms with Crippen LogP contribution >= 0.6 is 11.3 Å². The van der Waals surface area contributed by atoms with Gasteiger partial charge in [0.05, 0.1) is 18.0 Å². The molecule has 1 atom stereocenters. The van der Waals surface area contributed by atoms with E-state index in [1.165, 1.54) is 11.3 Å². The number of carbonyl (C=O) groups is 3. The molecule has 0 bridgehead atoms. The Labute approximate surface area is 119 Å². The number of nitrogens with zero attached hydrogens (tertiary/aromatic N) is 1. The predicted molar refractivity (Wildman–Crippen MR) is 73.6 cm³/mol. The van der Waals surface area contributed by atoms with Crippen LogP contribution in [0.15, 0.2) is 11.4 Å². The van der Waals surface area contributed by atoms with Crippen LogP contribution in [0, 0.1) is 5.92 Å². The fourth-order valence-corrected chi connectivity index (χ4v) is 2.96. The molecule has 2 rings (SSSR count). The number of amides is 2. The minimum Gasteiger partial charge on any atom is -0.481 e. The highest BCUT2D eigenvalue weighted by Gasteiger charge is 2.29.